The Balaban J connectivity index is 2.18. The van der Waals surface area contributed by atoms with Gasteiger partial charge >= 0.3 is 0 Å². The summed E-state index contributed by atoms with van der Waals surface area (Å²) in [7, 11) is 0. The van der Waals surface area contributed by atoms with Crippen molar-refractivity contribution in [2.24, 2.45) is 5.92 Å². The molecule has 0 aromatic heterocycles. The van der Waals surface area contributed by atoms with Gasteiger partial charge in [-0.25, -0.2) is 0 Å². The number of hydrogen-bond donors (Lipinski definition) is 1. The fraction of sp³-hybridized carbons (Fsp3) is 0.625. The van der Waals surface area contributed by atoms with Crippen LogP contribution in [0.5, 0.6) is 0 Å². The highest BCUT2D eigenvalue weighted by molar-refractivity contribution is 7.99. The van der Waals surface area contributed by atoms with Crippen LogP contribution < -0.4 is 5.32 Å². The summed E-state index contributed by atoms with van der Waals surface area (Å²) >= 11 is 1.97. The summed E-state index contributed by atoms with van der Waals surface area (Å²) in [5, 5.41) is 3.66. The van der Waals surface area contributed by atoms with Gasteiger partial charge in [-0.15, -0.1) is 11.8 Å². The normalized spacial score (nSPS) is 12.9. The highest BCUT2D eigenvalue weighted by atomic mass is 32.2. The Hall–Kier alpha value is -0.470. The van der Waals surface area contributed by atoms with E-state index in [1.165, 1.54) is 29.9 Å². The first-order valence-electron chi connectivity index (χ1n) is 7.15. The molecule has 18 heavy (non-hydrogen) atoms. The molecule has 1 atom stereocenters. The number of hydrogen-bond acceptors (Lipinski definition) is 2. The van der Waals surface area contributed by atoms with Gasteiger partial charge in [-0.3, -0.25) is 0 Å². The van der Waals surface area contributed by atoms with Crippen LogP contribution in [-0.2, 0) is 0 Å². The number of benzene rings is 1. The molecule has 0 aliphatic carbocycles. The SMILES string of the molecule is CCCNC(CCCSc1ccccc1)C(C)C. The van der Waals surface area contributed by atoms with Crippen molar-refractivity contribution in [2.75, 3.05) is 12.3 Å². The molecule has 1 aromatic rings. The van der Waals surface area contributed by atoms with Gasteiger partial charge in [-0.1, -0.05) is 39.0 Å². The Bertz CT molecular complexity index is 297. The molecule has 0 saturated carbocycles. The van der Waals surface area contributed by atoms with Gasteiger partial charge in [0, 0.05) is 10.9 Å². The van der Waals surface area contributed by atoms with Crippen LogP contribution in [0.2, 0.25) is 0 Å². The summed E-state index contributed by atoms with van der Waals surface area (Å²) < 4.78 is 0. The molecule has 0 heterocycles. The molecule has 1 unspecified atom stereocenters. The van der Waals surface area contributed by atoms with Gasteiger partial charge < -0.3 is 5.32 Å². The first kappa shape index (κ1) is 15.6. The Morgan fingerprint density at radius 3 is 2.50 bits per heavy atom. The largest absolute Gasteiger partial charge is 0.314 e. The molecule has 0 aliphatic rings. The summed E-state index contributed by atoms with van der Waals surface area (Å²) in [4.78, 5) is 1.39. The second-order valence-electron chi connectivity index (χ2n) is 5.11. The van der Waals surface area contributed by atoms with Crippen LogP contribution in [0.25, 0.3) is 0 Å². The number of thioether (sulfide) groups is 1. The summed E-state index contributed by atoms with van der Waals surface area (Å²) in [6, 6.07) is 11.4. The molecule has 1 aromatic carbocycles. The first-order chi connectivity index (χ1) is 8.74. The van der Waals surface area contributed by atoms with E-state index in [1.54, 1.807) is 0 Å². The zero-order chi connectivity index (χ0) is 13.2. The topological polar surface area (TPSA) is 12.0 Å². The van der Waals surface area contributed by atoms with E-state index in [4.69, 9.17) is 0 Å². The van der Waals surface area contributed by atoms with Crippen molar-refractivity contribution < 1.29 is 0 Å². The van der Waals surface area contributed by atoms with Gasteiger partial charge in [0.2, 0.25) is 0 Å². The molecule has 0 radical (unpaired) electrons. The highest BCUT2D eigenvalue weighted by Crippen LogP contribution is 2.19. The molecular formula is C16H27NS. The lowest BCUT2D eigenvalue weighted by Crippen LogP contribution is -2.34. The molecule has 0 bridgehead atoms. The van der Waals surface area contributed by atoms with Crippen molar-refractivity contribution in [1.82, 2.24) is 5.32 Å². The molecule has 0 spiro atoms. The van der Waals surface area contributed by atoms with Gasteiger partial charge in [0.1, 0.15) is 0 Å². The molecule has 0 aliphatic heterocycles. The van der Waals surface area contributed by atoms with E-state index < -0.39 is 0 Å². The van der Waals surface area contributed by atoms with Crippen LogP contribution in [0.3, 0.4) is 0 Å². The van der Waals surface area contributed by atoms with Crippen molar-refractivity contribution in [1.29, 1.82) is 0 Å². The standard InChI is InChI=1S/C16H27NS/c1-4-12-17-16(14(2)3)11-8-13-18-15-9-6-5-7-10-15/h5-7,9-10,14,16-17H,4,8,11-13H2,1-3H3. The Morgan fingerprint density at radius 1 is 1.17 bits per heavy atom. The molecule has 0 amide bonds. The second kappa shape index (κ2) is 9.46. The smallest absolute Gasteiger partial charge is 0.00903 e. The van der Waals surface area contributed by atoms with Crippen LogP contribution in [0, 0.1) is 5.92 Å². The van der Waals surface area contributed by atoms with Crippen LogP contribution >= 0.6 is 11.8 Å². The molecular weight excluding hydrogens is 238 g/mol. The second-order valence-corrected chi connectivity index (χ2v) is 6.28. The molecule has 1 nitrogen and oxygen atoms in total. The van der Waals surface area contributed by atoms with Gasteiger partial charge in [0.15, 0.2) is 0 Å². The summed E-state index contributed by atoms with van der Waals surface area (Å²) in [6.45, 7) is 8.01. The minimum absolute atomic E-state index is 0.682. The van der Waals surface area contributed by atoms with E-state index in [-0.39, 0.29) is 0 Å². The zero-order valence-electron chi connectivity index (χ0n) is 12.0. The van der Waals surface area contributed by atoms with E-state index >= 15 is 0 Å². The van der Waals surface area contributed by atoms with Crippen molar-refractivity contribution in [3.8, 4) is 0 Å². The van der Waals surface area contributed by atoms with Gasteiger partial charge in [0.05, 0.1) is 0 Å². The average molecular weight is 265 g/mol. The fourth-order valence-corrected chi connectivity index (χ4v) is 2.91. The van der Waals surface area contributed by atoms with Crippen LogP contribution in [0.4, 0.5) is 0 Å². The van der Waals surface area contributed by atoms with Crippen molar-refractivity contribution >= 4 is 11.8 Å². The van der Waals surface area contributed by atoms with Crippen molar-refractivity contribution in [2.45, 2.75) is 51.0 Å². The predicted molar refractivity (Wildman–Crippen MR) is 83.3 cm³/mol. The monoisotopic (exact) mass is 265 g/mol. The Morgan fingerprint density at radius 2 is 1.89 bits per heavy atom. The maximum atomic E-state index is 3.66. The molecule has 0 fully saturated rings. The third-order valence-electron chi connectivity index (χ3n) is 3.13. The van der Waals surface area contributed by atoms with Crippen molar-refractivity contribution in [3.63, 3.8) is 0 Å². The lowest BCUT2D eigenvalue weighted by Gasteiger charge is -2.22. The maximum absolute atomic E-state index is 3.66. The molecule has 1 rings (SSSR count). The average Bonchev–Trinajstić information content (AvgIpc) is 2.38. The highest BCUT2D eigenvalue weighted by Gasteiger charge is 2.11. The van der Waals surface area contributed by atoms with Crippen molar-refractivity contribution in [3.05, 3.63) is 30.3 Å². The van der Waals surface area contributed by atoms with E-state index in [0.29, 0.717) is 6.04 Å². The third-order valence-corrected chi connectivity index (χ3v) is 4.23. The number of nitrogens with one attached hydrogen (secondary N) is 1. The lowest BCUT2D eigenvalue weighted by molar-refractivity contribution is 0.376. The minimum atomic E-state index is 0.682. The molecule has 2 heteroatoms. The lowest BCUT2D eigenvalue weighted by atomic mass is 9.99. The van der Waals surface area contributed by atoms with E-state index in [9.17, 15) is 0 Å². The molecule has 0 saturated heterocycles. The maximum Gasteiger partial charge on any atom is 0.00903 e. The van der Waals surface area contributed by atoms with Crippen LogP contribution in [-0.4, -0.2) is 18.3 Å². The van der Waals surface area contributed by atoms with E-state index in [0.717, 1.165) is 12.5 Å². The Kier molecular flexibility index (Phi) is 8.19. The molecule has 1 N–H and O–H groups in total. The summed E-state index contributed by atoms with van der Waals surface area (Å²) in [5.41, 5.74) is 0. The zero-order valence-corrected chi connectivity index (χ0v) is 12.8. The first-order valence-corrected chi connectivity index (χ1v) is 8.13. The number of rotatable bonds is 9. The van der Waals surface area contributed by atoms with Crippen LogP contribution in [0.15, 0.2) is 35.2 Å². The third kappa shape index (κ3) is 6.46. The van der Waals surface area contributed by atoms with E-state index in [2.05, 4.69) is 56.4 Å². The van der Waals surface area contributed by atoms with Crippen LogP contribution in [0.1, 0.15) is 40.0 Å². The quantitative estimate of drug-likeness (QED) is 0.518. The summed E-state index contributed by atoms with van der Waals surface area (Å²) in [5.74, 6) is 1.96. The van der Waals surface area contributed by atoms with Gasteiger partial charge in [-0.2, -0.15) is 0 Å². The minimum Gasteiger partial charge on any atom is -0.314 e. The Labute approximate surface area is 117 Å². The fourth-order valence-electron chi connectivity index (χ4n) is 2.01. The molecule has 102 valence electrons. The van der Waals surface area contributed by atoms with E-state index in [1.807, 2.05) is 11.8 Å². The predicted octanol–water partition coefficient (Wildman–Crippen LogP) is 4.58. The summed E-state index contributed by atoms with van der Waals surface area (Å²) in [6.07, 6.45) is 3.80. The van der Waals surface area contributed by atoms with Gasteiger partial charge in [0.25, 0.3) is 0 Å². The van der Waals surface area contributed by atoms with Gasteiger partial charge in [-0.05, 0) is 49.6 Å².